The summed E-state index contributed by atoms with van der Waals surface area (Å²) in [6, 6.07) is 11.4. The van der Waals surface area contributed by atoms with Crippen LogP contribution >= 0.6 is 0 Å². The van der Waals surface area contributed by atoms with Gasteiger partial charge in [0, 0.05) is 31.3 Å². The SMILES string of the molecule is Cc1cc([C@@H]2CCCN2C(=O)[C@@H]2CC(=O)N(c3ccccc3)C2)on1. The van der Waals surface area contributed by atoms with Crippen LogP contribution in [0.1, 0.15) is 36.8 Å². The lowest BCUT2D eigenvalue weighted by Gasteiger charge is -2.25. The molecule has 2 aliphatic heterocycles. The minimum Gasteiger partial charge on any atom is -0.359 e. The summed E-state index contributed by atoms with van der Waals surface area (Å²) in [6.45, 7) is 3.03. The maximum Gasteiger partial charge on any atom is 0.228 e. The van der Waals surface area contributed by atoms with Gasteiger partial charge in [0.1, 0.15) is 0 Å². The Bertz CT molecular complexity index is 786. The number of anilines is 1. The van der Waals surface area contributed by atoms with Crippen molar-refractivity contribution in [2.75, 3.05) is 18.0 Å². The topological polar surface area (TPSA) is 66.7 Å². The van der Waals surface area contributed by atoms with E-state index in [4.69, 9.17) is 4.52 Å². The number of nitrogens with zero attached hydrogens (tertiary/aromatic N) is 3. The highest BCUT2D eigenvalue weighted by atomic mass is 16.5. The lowest BCUT2D eigenvalue weighted by atomic mass is 10.1. The highest BCUT2D eigenvalue weighted by Gasteiger charge is 2.41. The Balaban J connectivity index is 1.50. The van der Waals surface area contributed by atoms with Gasteiger partial charge >= 0.3 is 0 Å². The summed E-state index contributed by atoms with van der Waals surface area (Å²) in [5, 5.41) is 3.94. The van der Waals surface area contributed by atoms with Crippen LogP contribution in [0.4, 0.5) is 5.69 Å². The first kappa shape index (κ1) is 15.9. The average molecular weight is 339 g/mol. The molecular formula is C19H21N3O3. The summed E-state index contributed by atoms with van der Waals surface area (Å²) in [6.07, 6.45) is 2.09. The van der Waals surface area contributed by atoms with Crippen molar-refractivity contribution in [3.05, 3.63) is 47.9 Å². The fraction of sp³-hybridized carbons (Fsp3) is 0.421. The second-order valence-corrected chi connectivity index (χ2v) is 6.80. The van der Waals surface area contributed by atoms with Crippen molar-refractivity contribution in [2.45, 2.75) is 32.2 Å². The third kappa shape index (κ3) is 2.92. The van der Waals surface area contributed by atoms with Crippen LogP contribution in [0.25, 0.3) is 0 Å². The summed E-state index contributed by atoms with van der Waals surface area (Å²) < 4.78 is 5.38. The van der Waals surface area contributed by atoms with E-state index in [1.54, 1.807) is 4.90 Å². The smallest absolute Gasteiger partial charge is 0.228 e. The summed E-state index contributed by atoms with van der Waals surface area (Å²) >= 11 is 0. The van der Waals surface area contributed by atoms with E-state index in [1.165, 1.54) is 0 Å². The third-order valence-corrected chi connectivity index (χ3v) is 5.05. The number of carbonyl (C=O) groups excluding carboxylic acids is 2. The molecule has 0 spiro atoms. The van der Waals surface area contributed by atoms with E-state index in [0.29, 0.717) is 13.1 Å². The fourth-order valence-electron chi connectivity index (χ4n) is 3.83. The predicted molar refractivity (Wildman–Crippen MR) is 91.8 cm³/mol. The van der Waals surface area contributed by atoms with E-state index < -0.39 is 0 Å². The molecule has 2 atom stereocenters. The minimum atomic E-state index is -0.294. The first-order valence-electron chi connectivity index (χ1n) is 8.72. The van der Waals surface area contributed by atoms with Crippen molar-refractivity contribution >= 4 is 17.5 Å². The van der Waals surface area contributed by atoms with Gasteiger partial charge in [-0.25, -0.2) is 0 Å². The lowest BCUT2D eigenvalue weighted by molar-refractivity contribution is -0.137. The van der Waals surface area contributed by atoms with Crippen molar-refractivity contribution in [1.29, 1.82) is 0 Å². The van der Waals surface area contributed by atoms with Crippen LogP contribution in [0, 0.1) is 12.8 Å². The van der Waals surface area contributed by atoms with Gasteiger partial charge in [-0.1, -0.05) is 23.4 Å². The molecule has 2 saturated heterocycles. The van der Waals surface area contributed by atoms with Gasteiger partial charge < -0.3 is 14.3 Å². The summed E-state index contributed by atoms with van der Waals surface area (Å²) in [7, 11) is 0. The molecule has 0 radical (unpaired) electrons. The summed E-state index contributed by atoms with van der Waals surface area (Å²) in [5.41, 5.74) is 1.67. The van der Waals surface area contributed by atoms with Crippen LogP contribution < -0.4 is 4.90 Å². The highest BCUT2D eigenvalue weighted by molar-refractivity contribution is 6.00. The molecule has 130 valence electrons. The molecule has 4 rings (SSSR count). The second-order valence-electron chi connectivity index (χ2n) is 6.80. The van der Waals surface area contributed by atoms with Crippen LogP contribution in [0.15, 0.2) is 40.9 Å². The Labute approximate surface area is 146 Å². The van der Waals surface area contributed by atoms with Crippen molar-refractivity contribution in [3.8, 4) is 0 Å². The van der Waals surface area contributed by atoms with Gasteiger partial charge in [-0.05, 0) is 31.9 Å². The molecule has 1 aromatic carbocycles. The van der Waals surface area contributed by atoms with Gasteiger partial charge in [0.2, 0.25) is 11.8 Å². The van der Waals surface area contributed by atoms with Crippen LogP contribution in [0.3, 0.4) is 0 Å². The summed E-state index contributed by atoms with van der Waals surface area (Å²) in [4.78, 5) is 29.0. The third-order valence-electron chi connectivity index (χ3n) is 5.05. The summed E-state index contributed by atoms with van der Waals surface area (Å²) in [5.74, 6) is 0.504. The van der Waals surface area contributed by atoms with Gasteiger partial charge in [0.15, 0.2) is 5.76 Å². The van der Waals surface area contributed by atoms with Crippen molar-refractivity contribution < 1.29 is 14.1 Å². The number of carbonyl (C=O) groups is 2. The van der Waals surface area contributed by atoms with Crippen LogP contribution in [0.2, 0.25) is 0 Å². The van der Waals surface area contributed by atoms with Crippen LogP contribution in [-0.4, -0.2) is 35.0 Å². The first-order chi connectivity index (χ1) is 12.1. The largest absolute Gasteiger partial charge is 0.359 e. The van der Waals surface area contributed by atoms with Gasteiger partial charge in [0.25, 0.3) is 0 Å². The predicted octanol–water partition coefficient (Wildman–Crippen LogP) is 2.70. The Morgan fingerprint density at radius 2 is 2.08 bits per heavy atom. The molecule has 3 heterocycles. The normalized spacial score (nSPS) is 23.5. The Hall–Kier alpha value is -2.63. The van der Waals surface area contributed by atoms with Crippen molar-refractivity contribution in [2.24, 2.45) is 5.92 Å². The molecule has 0 bridgehead atoms. The molecule has 2 aliphatic rings. The van der Waals surface area contributed by atoms with Gasteiger partial charge in [0.05, 0.1) is 17.7 Å². The maximum absolute atomic E-state index is 13.0. The average Bonchev–Trinajstić information content (AvgIpc) is 3.34. The number of hydrogen-bond acceptors (Lipinski definition) is 4. The zero-order valence-electron chi connectivity index (χ0n) is 14.2. The van der Waals surface area contributed by atoms with E-state index >= 15 is 0 Å². The van der Waals surface area contributed by atoms with E-state index in [0.717, 1.165) is 30.0 Å². The number of aryl methyl sites for hydroxylation is 1. The Morgan fingerprint density at radius 1 is 1.28 bits per heavy atom. The van der Waals surface area contributed by atoms with Gasteiger partial charge in [-0.15, -0.1) is 0 Å². The molecule has 0 aliphatic carbocycles. The lowest BCUT2D eigenvalue weighted by Crippen LogP contribution is -2.37. The maximum atomic E-state index is 13.0. The minimum absolute atomic E-state index is 0.0100. The molecule has 2 aromatic rings. The number of benzene rings is 1. The number of para-hydroxylation sites is 1. The Morgan fingerprint density at radius 3 is 2.80 bits per heavy atom. The van der Waals surface area contributed by atoms with Crippen molar-refractivity contribution in [1.82, 2.24) is 10.1 Å². The Kier molecular flexibility index (Phi) is 4.03. The molecule has 0 unspecified atom stereocenters. The van der Waals surface area contributed by atoms with E-state index in [9.17, 15) is 9.59 Å². The zero-order chi connectivity index (χ0) is 17.4. The van der Waals surface area contributed by atoms with Gasteiger partial charge in [-0.2, -0.15) is 0 Å². The van der Waals surface area contributed by atoms with E-state index in [1.807, 2.05) is 48.2 Å². The zero-order valence-corrected chi connectivity index (χ0v) is 14.2. The molecule has 1 aromatic heterocycles. The first-order valence-corrected chi connectivity index (χ1v) is 8.72. The molecule has 6 nitrogen and oxygen atoms in total. The second kappa shape index (κ2) is 6.35. The van der Waals surface area contributed by atoms with Crippen LogP contribution in [0.5, 0.6) is 0 Å². The molecule has 6 heteroatoms. The standard InChI is InChI=1S/C19H21N3O3/c1-13-10-17(25-20-13)16-8-5-9-21(16)19(24)14-11-18(23)22(12-14)15-6-3-2-4-7-15/h2-4,6-7,10,14,16H,5,8-9,11-12H2,1H3/t14-,16+/m1/s1. The van der Waals surface area contributed by atoms with Gasteiger partial charge in [-0.3, -0.25) is 9.59 Å². The highest BCUT2D eigenvalue weighted by Crippen LogP contribution is 2.35. The molecule has 25 heavy (non-hydrogen) atoms. The fourth-order valence-corrected chi connectivity index (χ4v) is 3.83. The van der Waals surface area contributed by atoms with Crippen LogP contribution in [-0.2, 0) is 9.59 Å². The quantitative estimate of drug-likeness (QED) is 0.862. The molecular weight excluding hydrogens is 318 g/mol. The number of likely N-dealkylation sites (tertiary alicyclic amines) is 1. The number of amides is 2. The monoisotopic (exact) mass is 339 g/mol. The molecule has 0 saturated carbocycles. The molecule has 2 amide bonds. The van der Waals surface area contributed by atoms with Crippen molar-refractivity contribution in [3.63, 3.8) is 0 Å². The number of hydrogen-bond donors (Lipinski definition) is 0. The van der Waals surface area contributed by atoms with E-state index in [-0.39, 0.29) is 30.2 Å². The number of aromatic nitrogens is 1. The molecule has 0 N–H and O–H groups in total. The number of rotatable bonds is 3. The molecule has 2 fully saturated rings. The van der Waals surface area contributed by atoms with E-state index in [2.05, 4.69) is 5.16 Å².